The summed E-state index contributed by atoms with van der Waals surface area (Å²) in [6.07, 6.45) is 3.47. The Balaban J connectivity index is 1.76. The van der Waals surface area contributed by atoms with Crippen LogP contribution in [0, 0.1) is 0 Å². The summed E-state index contributed by atoms with van der Waals surface area (Å²) in [5.41, 5.74) is 0. The minimum absolute atomic E-state index is 0.150. The molecule has 9 heteroatoms. The first-order valence-corrected chi connectivity index (χ1v) is 9.58. The van der Waals surface area contributed by atoms with Crippen LogP contribution in [0.2, 0.25) is 0 Å². The van der Waals surface area contributed by atoms with Crippen LogP contribution >= 0.6 is 0 Å². The van der Waals surface area contributed by atoms with E-state index in [0.717, 1.165) is 25.7 Å². The number of carbonyl (C=O) groups excluding carboxylic acids is 1. The summed E-state index contributed by atoms with van der Waals surface area (Å²) in [7, 11) is -0.384. The van der Waals surface area contributed by atoms with Gasteiger partial charge in [0.2, 0.25) is 0 Å². The Morgan fingerprint density at radius 2 is 1.91 bits per heavy atom. The summed E-state index contributed by atoms with van der Waals surface area (Å²) in [6.45, 7) is 3.48. The molecule has 0 spiro atoms. The van der Waals surface area contributed by atoms with Crippen molar-refractivity contribution in [2.24, 2.45) is 0 Å². The Labute approximate surface area is 138 Å². The largest absolute Gasteiger partial charge is 0.378 e. The Morgan fingerprint density at radius 3 is 2.52 bits per heavy atom. The predicted molar refractivity (Wildman–Crippen MR) is 87.3 cm³/mol. The standard InChI is InChI=1S/C14H28N4O4S/c1-4-22-13-8-12(9-13)16-14(19)15-11-6-5-7-18(10-11)23(20,21)17(2)3/h11-13H,4-10H2,1-3H3,(H2,15,16,19)/t11-,12?,13?/m1/s1. The number of nitrogens with one attached hydrogen (secondary N) is 2. The Hall–Kier alpha value is -0.900. The highest BCUT2D eigenvalue weighted by Gasteiger charge is 2.33. The van der Waals surface area contributed by atoms with Crippen molar-refractivity contribution in [3.05, 3.63) is 0 Å². The van der Waals surface area contributed by atoms with Gasteiger partial charge in [-0.15, -0.1) is 0 Å². The van der Waals surface area contributed by atoms with Crippen LogP contribution in [0.1, 0.15) is 32.6 Å². The van der Waals surface area contributed by atoms with Gasteiger partial charge in [0.15, 0.2) is 0 Å². The second-order valence-electron chi connectivity index (χ2n) is 6.35. The fourth-order valence-corrected chi connectivity index (χ4v) is 4.16. The number of rotatable bonds is 6. The molecule has 0 aromatic carbocycles. The summed E-state index contributed by atoms with van der Waals surface area (Å²) < 4.78 is 32.4. The lowest BCUT2D eigenvalue weighted by molar-refractivity contribution is -0.00718. The molecule has 0 radical (unpaired) electrons. The van der Waals surface area contributed by atoms with Crippen LogP contribution in [-0.4, -0.2) is 75.0 Å². The molecule has 1 heterocycles. The van der Waals surface area contributed by atoms with E-state index in [1.54, 1.807) is 0 Å². The summed E-state index contributed by atoms with van der Waals surface area (Å²) in [4.78, 5) is 12.0. The molecule has 0 aromatic rings. The third-order valence-corrected chi connectivity index (χ3v) is 6.25. The van der Waals surface area contributed by atoms with Crippen molar-refractivity contribution in [3.8, 4) is 0 Å². The van der Waals surface area contributed by atoms with Crippen LogP contribution in [0.4, 0.5) is 4.79 Å². The van der Waals surface area contributed by atoms with Gasteiger partial charge in [-0.2, -0.15) is 17.0 Å². The lowest BCUT2D eigenvalue weighted by Crippen LogP contribution is -2.56. The lowest BCUT2D eigenvalue weighted by Gasteiger charge is -2.37. The first kappa shape index (κ1) is 18.4. The predicted octanol–water partition coefficient (Wildman–Crippen LogP) is 0.124. The van der Waals surface area contributed by atoms with Crippen LogP contribution in [0.3, 0.4) is 0 Å². The Morgan fingerprint density at radius 1 is 1.26 bits per heavy atom. The van der Waals surface area contributed by atoms with Crippen LogP contribution < -0.4 is 10.6 Å². The fraction of sp³-hybridized carbons (Fsp3) is 0.929. The molecule has 1 saturated heterocycles. The van der Waals surface area contributed by atoms with Gasteiger partial charge < -0.3 is 15.4 Å². The number of hydrogen-bond donors (Lipinski definition) is 2. The highest BCUT2D eigenvalue weighted by atomic mass is 32.2. The van der Waals surface area contributed by atoms with Crippen molar-refractivity contribution in [1.82, 2.24) is 19.2 Å². The van der Waals surface area contributed by atoms with E-state index in [-0.39, 0.29) is 24.2 Å². The van der Waals surface area contributed by atoms with E-state index in [1.807, 2.05) is 6.92 Å². The van der Waals surface area contributed by atoms with E-state index in [1.165, 1.54) is 22.7 Å². The molecule has 8 nitrogen and oxygen atoms in total. The molecule has 0 unspecified atom stereocenters. The molecule has 2 rings (SSSR count). The molecule has 2 fully saturated rings. The summed E-state index contributed by atoms with van der Waals surface area (Å²) >= 11 is 0. The second-order valence-corrected chi connectivity index (χ2v) is 8.49. The molecular weight excluding hydrogens is 320 g/mol. The molecule has 2 N–H and O–H groups in total. The van der Waals surface area contributed by atoms with E-state index >= 15 is 0 Å². The van der Waals surface area contributed by atoms with Gasteiger partial charge in [-0.3, -0.25) is 0 Å². The van der Waals surface area contributed by atoms with E-state index in [4.69, 9.17) is 4.74 Å². The zero-order valence-electron chi connectivity index (χ0n) is 14.1. The number of amides is 2. The summed E-state index contributed by atoms with van der Waals surface area (Å²) in [5.74, 6) is 0. The molecule has 134 valence electrons. The zero-order valence-corrected chi connectivity index (χ0v) is 14.9. The number of nitrogens with zero attached hydrogens (tertiary/aromatic N) is 2. The monoisotopic (exact) mass is 348 g/mol. The summed E-state index contributed by atoms with van der Waals surface area (Å²) in [5, 5.41) is 5.81. The first-order valence-electron chi connectivity index (χ1n) is 8.19. The van der Waals surface area contributed by atoms with Crippen molar-refractivity contribution >= 4 is 16.2 Å². The maximum absolute atomic E-state index is 12.2. The molecule has 2 amide bonds. The van der Waals surface area contributed by atoms with Gasteiger partial charge in [-0.05, 0) is 32.6 Å². The van der Waals surface area contributed by atoms with Gasteiger partial charge in [0.1, 0.15) is 0 Å². The molecule has 1 saturated carbocycles. The zero-order chi connectivity index (χ0) is 17.0. The first-order chi connectivity index (χ1) is 10.8. The number of piperidine rings is 1. The van der Waals surface area contributed by atoms with E-state index in [9.17, 15) is 13.2 Å². The molecule has 0 bridgehead atoms. The van der Waals surface area contributed by atoms with Crippen molar-refractivity contribution in [2.45, 2.75) is 50.8 Å². The van der Waals surface area contributed by atoms with Crippen molar-refractivity contribution in [1.29, 1.82) is 0 Å². The molecular formula is C14H28N4O4S. The molecule has 1 aliphatic heterocycles. The quantitative estimate of drug-likeness (QED) is 0.713. The highest BCUT2D eigenvalue weighted by molar-refractivity contribution is 7.86. The van der Waals surface area contributed by atoms with Crippen LogP contribution in [0.5, 0.6) is 0 Å². The maximum atomic E-state index is 12.2. The molecule has 2 aliphatic rings. The fourth-order valence-electron chi connectivity index (χ4n) is 2.97. The molecule has 0 aromatic heterocycles. The van der Waals surface area contributed by atoms with Gasteiger partial charge in [-0.25, -0.2) is 4.79 Å². The van der Waals surface area contributed by atoms with Gasteiger partial charge in [0, 0.05) is 45.9 Å². The SMILES string of the molecule is CCOC1CC(NC(=O)N[C@@H]2CCCN(S(=O)(=O)N(C)C)C2)C1. The average molecular weight is 348 g/mol. The average Bonchev–Trinajstić information content (AvgIpc) is 2.45. The minimum Gasteiger partial charge on any atom is -0.378 e. The number of hydrogen-bond acceptors (Lipinski definition) is 4. The van der Waals surface area contributed by atoms with Gasteiger partial charge in [0.25, 0.3) is 10.2 Å². The maximum Gasteiger partial charge on any atom is 0.315 e. The number of urea groups is 1. The topological polar surface area (TPSA) is 91.0 Å². The van der Waals surface area contributed by atoms with Gasteiger partial charge in [-0.1, -0.05) is 0 Å². The molecule has 1 aliphatic carbocycles. The minimum atomic E-state index is -3.42. The van der Waals surface area contributed by atoms with Crippen molar-refractivity contribution in [2.75, 3.05) is 33.8 Å². The van der Waals surface area contributed by atoms with E-state index < -0.39 is 10.2 Å². The van der Waals surface area contributed by atoms with Crippen LogP contribution in [0.15, 0.2) is 0 Å². The Kier molecular flexibility index (Phi) is 6.24. The third kappa shape index (κ3) is 4.79. The van der Waals surface area contributed by atoms with Crippen LogP contribution in [0.25, 0.3) is 0 Å². The normalized spacial score (nSPS) is 29.1. The number of carbonyl (C=O) groups is 1. The number of ether oxygens (including phenoxy) is 1. The van der Waals surface area contributed by atoms with Crippen molar-refractivity contribution < 1.29 is 17.9 Å². The van der Waals surface area contributed by atoms with Crippen LogP contribution in [-0.2, 0) is 14.9 Å². The highest BCUT2D eigenvalue weighted by Crippen LogP contribution is 2.23. The molecule has 23 heavy (non-hydrogen) atoms. The second kappa shape index (κ2) is 7.78. The van der Waals surface area contributed by atoms with Gasteiger partial charge in [0.05, 0.1) is 6.10 Å². The third-order valence-electron chi connectivity index (χ3n) is 4.34. The molecule has 1 atom stereocenters. The summed E-state index contributed by atoms with van der Waals surface area (Å²) in [6, 6.07) is -0.225. The van der Waals surface area contributed by atoms with E-state index in [2.05, 4.69) is 10.6 Å². The lowest BCUT2D eigenvalue weighted by atomic mass is 9.89. The Bertz CT molecular complexity index is 505. The van der Waals surface area contributed by atoms with Crippen molar-refractivity contribution in [3.63, 3.8) is 0 Å². The van der Waals surface area contributed by atoms with E-state index in [0.29, 0.717) is 19.7 Å². The van der Waals surface area contributed by atoms with Gasteiger partial charge >= 0.3 is 6.03 Å². The smallest absolute Gasteiger partial charge is 0.315 e.